The summed E-state index contributed by atoms with van der Waals surface area (Å²) in [5, 5.41) is 1.06. The monoisotopic (exact) mass is 295 g/mol. The molecule has 0 spiro atoms. The van der Waals surface area contributed by atoms with Crippen LogP contribution in [0.5, 0.6) is 0 Å². The van der Waals surface area contributed by atoms with Crippen molar-refractivity contribution >= 4 is 22.4 Å². The van der Waals surface area contributed by atoms with E-state index >= 15 is 0 Å². The van der Waals surface area contributed by atoms with Crippen LogP contribution in [0, 0.1) is 12.8 Å². The van der Waals surface area contributed by atoms with E-state index in [0.29, 0.717) is 19.1 Å². The van der Waals surface area contributed by atoms with Crippen LogP contribution < -0.4 is 4.90 Å². The average molecular weight is 295 g/mol. The van der Waals surface area contributed by atoms with Crippen LogP contribution in [0.1, 0.15) is 17.7 Å². The van der Waals surface area contributed by atoms with Gasteiger partial charge in [0.25, 0.3) is 0 Å². The first-order valence-corrected chi connectivity index (χ1v) is 8.09. The molecule has 6 heteroatoms. The van der Waals surface area contributed by atoms with Gasteiger partial charge in [0.2, 0.25) is 5.91 Å². The van der Waals surface area contributed by atoms with Gasteiger partial charge < -0.3 is 14.5 Å². The normalized spacial score (nSPS) is 23.9. The zero-order chi connectivity index (χ0) is 13.9. The van der Waals surface area contributed by atoms with Gasteiger partial charge in [0, 0.05) is 37.3 Å². The minimum Gasteiger partial charge on any atom is -0.378 e. The number of morpholine rings is 1. The number of thiazole rings is 1. The zero-order valence-corrected chi connectivity index (χ0v) is 12.7. The van der Waals surface area contributed by atoms with Crippen LogP contribution >= 0.6 is 11.3 Å². The third-order valence-electron chi connectivity index (χ3n) is 3.97. The second kappa shape index (κ2) is 6.10. The molecule has 5 nitrogen and oxygen atoms in total. The van der Waals surface area contributed by atoms with Crippen molar-refractivity contribution in [3.05, 3.63) is 11.1 Å². The second-order valence-corrected chi connectivity index (χ2v) is 6.69. The number of carbonyl (C=O) groups is 1. The summed E-state index contributed by atoms with van der Waals surface area (Å²) in [6, 6.07) is 0. The standard InChI is InChI=1S/C14H21N3O2S/c1-11-9-15-14(20-11)17-4-2-3-12(10-17)13(18)16-5-7-19-8-6-16/h9,12H,2-8,10H2,1H3. The molecule has 0 aliphatic carbocycles. The largest absolute Gasteiger partial charge is 0.378 e. The Hall–Kier alpha value is -1.14. The molecule has 20 heavy (non-hydrogen) atoms. The summed E-state index contributed by atoms with van der Waals surface area (Å²) in [6.45, 7) is 6.73. The first-order valence-electron chi connectivity index (χ1n) is 7.28. The van der Waals surface area contributed by atoms with Crippen molar-refractivity contribution in [3.8, 4) is 0 Å². The highest BCUT2D eigenvalue weighted by Gasteiger charge is 2.30. The zero-order valence-electron chi connectivity index (χ0n) is 11.9. The topological polar surface area (TPSA) is 45.7 Å². The van der Waals surface area contributed by atoms with E-state index in [1.165, 1.54) is 4.88 Å². The number of anilines is 1. The number of carbonyl (C=O) groups excluding carboxylic acids is 1. The molecule has 2 aliphatic heterocycles. The van der Waals surface area contributed by atoms with Crippen LogP contribution in [0.25, 0.3) is 0 Å². The van der Waals surface area contributed by atoms with Gasteiger partial charge in [-0.1, -0.05) is 0 Å². The van der Waals surface area contributed by atoms with Crippen LogP contribution in [0.4, 0.5) is 5.13 Å². The van der Waals surface area contributed by atoms with E-state index in [4.69, 9.17) is 4.74 Å². The molecular formula is C14H21N3O2S. The van der Waals surface area contributed by atoms with Gasteiger partial charge >= 0.3 is 0 Å². The first kappa shape index (κ1) is 13.8. The van der Waals surface area contributed by atoms with Gasteiger partial charge in [-0.25, -0.2) is 4.98 Å². The molecule has 2 saturated heterocycles. The third-order valence-corrected chi connectivity index (χ3v) is 4.95. The highest BCUT2D eigenvalue weighted by atomic mass is 32.1. The van der Waals surface area contributed by atoms with Crippen molar-refractivity contribution in [2.45, 2.75) is 19.8 Å². The van der Waals surface area contributed by atoms with Crippen LogP contribution in [0.2, 0.25) is 0 Å². The Morgan fingerprint density at radius 3 is 2.90 bits per heavy atom. The maximum atomic E-state index is 12.6. The number of hydrogen-bond donors (Lipinski definition) is 0. The lowest BCUT2D eigenvalue weighted by molar-refractivity contribution is -0.139. The van der Waals surface area contributed by atoms with Crippen molar-refractivity contribution in [2.24, 2.45) is 5.92 Å². The van der Waals surface area contributed by atoms with Gasteiger partial charge in [-0.3, -0.25) is 4.79 Å². The van der Waals surface area contributed by atoms with Crippen LogP contribution in [-0.4, -0.2) is 55.2 Å². The predicted octanol–water partition coefficient (Wildman–Crippen LogP) is 1.53. The van der Waals surface area contributed by atoms with Crippen molar-refractivity contribution in [1.29, 1.82) is 0 Å². The van der Waals surface area contributed by atoms with E-state index in [-0.39, 0.29) is 5.92 Å². The summed E-state index contributed by atoms with van der Waals surface area (Å²) < 4.78 is 5.32. The smallest absolute Gasteiger partial charge is 0.227 e. The molecule has 1 aromatic heterocycles. The highest BCUT2D eigenvalue weighted by molar-refractivity contribution is 7.15. The van der Waals surface area contributed by atoms with E-state index in [9.17, 15) is 4.79 Å². The Morgan fingerprint density at radius 1 is 1.40 bits per heavy atom. The Morgan fingerprint density at radius 2 is 2.20 bits per heavy atom. The van der Waals surface area contributed by atoms with E-state index in [1.807, 2.05) is 11.1 Å². The average Bonchev–Trinajstić information content (AvgIpc) is 2.94. The Bertz CT molecular complexity index is 471. The molecule has 2 fully saturated rings. The van der Waals surface area contributed by atoms with Gasteiger partial charge in [-0.15, -0.1) is 11.3 Å². The second-order valence-electron chi connectivity index (χ2n) is 5.48. The molecule has 1 amide bonds. The molecule has 0 bridgehead atoms. The predicted molar refractivity (Wildman–Crippen MR) is 79.2 cm³/mol. The summed E-state index contributed by atoms with van der Waals surface area (Å²) in [7, 11) is 0. The lowest BCUT2D eigenvalue weighted by Gasteiger charge is -2.36. The molecule has 1 atom stereocenters. The van der Waals surface area contributed by atoms with E-state index < -0.39 is 0 Å². The van der Waals surface area contributed by atoms with E-state index in [0.717, 1.165) is 44.2 Å². The number of aryl methyl sites for hydroxylation is 1. The molecule has 1 unspecified atom stereocenters. The fourth-order valence-electron chi connectivity index (χ4n) is 2.88. The fraction of sp³-hybridized carbons (Fsp3) is 0.714. The summed E-state index contributed by atoms with van der Waals surface area (Å²) in [6.07, 6.45) is 3.98. The van der Waals surface area contributed by atoms with E-state index in [2.05, 4.69) is 16.8 Å². The van der Waals surface area contributed by atoms with Gasteiger partial charge in [0.15, 0.2) is 5.13 Å². The molecule has 2 aliphatic rings. The van der Waals surface area contributed by atoms with Crippen molar-refractivity contribution in [3.63, 3.8) is 0 Å². The summed E-state index contributed by atoms with van der Waals surface area (Å²) in [5.74, 6) is 0.414. The van der Waals surface area contributed by atoms with Crippen LogP contribution in [0.3, 0.4) is 0 Å². The molecule has 110 valence electrons. The summed E-state index contributed by atoms with van der Waals surface area (Å²) >= 11 is 1.71. The van der Waals surface area contributed by atoms with Crippen molar-refractivity contribution in [2.75, 3.05) is 44.3 Å². The molecule has 3 rings (SSSR count). The SMILES string of the molecule is Cc1cnc(N2CCCC(C(=O)N3CCOCC3)C2)s1. The number of hydrogen-bond acceptors (Lipinski definition) is 5. The Labute approximate surface area is 123 Å². The summed E-state index contributed by atoms with van der Waals surface area (Å²) in [5.41, 5.74) is 0. The summed E-state index contributed by atoms with van der Waals surface area (Å²) in [4.78, 5) is 22.5. The van der Waals surface area contributed by atoms with Gasteiger partial charge in [-0.2, -0.15) is 0 Å². The number of piperidine rings is 1. The molecule has 0 aromatic carbocycles. The maximum Gasteiger partial charge on any atom is 0.227 e. The van der Waals surface area contributed by atoms with Crippen LogP contribution in [0.15, 0.2) is 6.20 Å². The Kier molecular flexibility index (Phi) is 4.21. The lowest BCUT2D eigenvalue weighted by atomic mass is 9.96. The number of ether oxygens (including phenoxy) is 1. The maximum absolute atomic E-state index is 12.6. The molecule has 1 aromatic rings. The molecule has 3 heterocycles. The van der Waals surface area contributed by atoms with Crippen LogP contribution in [-0.2, 0) is 9.53 Å². The van der Waals surface area contributed by atoms with Gasteiger partial charge in [0.1, 0.15) is 0 Å². The van der Waals surface area contributed by atoms with Gasteiger partial charge in [-0.05, 0) is 19.8 Å². The van der Waals surface area contributed by atoms with Crippen molar-refractivity contribution < 1.29 is 9.53 Å². The quantitative estimate of drug-likeness (QED) is 0.830. The van der Waals surface area contributed by atoms with Crippen molar-refractivity contribution in [1.82, 2.24) is 9.88 Å². The van der Waals surface area contributed by atoms with E-state index in [1.54, 1.807) is 11.3 Å². The highest BCUT2D eigenvalue weighted by Crippen LogP contribution is 2.27. The third kappa shape index (κ3) is 2.96. The fourth-order valence-corrected chi connectivity index (χ4v) is 3.68. The molecule has 0 saturated carbocycles. The minimum atomic E-state index is 0.117. The molecule has 0 N–H and O–H groups in total. The van der Waals surface area contributed by atoms with Gasteiger partial charge in [0.05, 0.1) is 19.1 Å². The molecule has 0 radical (unpaired) electrons. The minimum absolute atomic E-state index is 0.117. The number of aromatic nitrogens is 1. The first-order chi connectivity index (χ1) is 9.74. The Balaban J connectivity index is 1.63. The number of nitrogens with zero attached hydrogens (tertiary/aromatic N) is 3. The number of amides is 1. The lowest BCUT2D eigenvalue weighted by Crippen LogP contribution is -2.48. The molecular weight excluding hydrogens is 274 g/mol. The number of rotatable bonds is 2.